The van der Waals surface area contributed by atoms with Gasteiger partial charge in [0.05, 0.1) is 19.0 Å². The molecule has 8 nitrogen and oxygen atoms in total. The number of piperidine rings is 1. The van der Waals surface area contributed by atoms with Crippen molar-refractivity contribution < 1.29 is 19.7 Å². The highest BCUT2D eigenvalue weighted by Gasteiger charge is 2.30. The topological polar surface area (TPSA) is 106 Å². The molecule has 1 aliphatic rings. The predicted octanol–water partition coefficient (Wildman–Crippen LogP) is 4.31. The van der Waals surface area contributed by atoms with Crippen LogP contribution in [0, 0.1) is 0 Å². The molecule has 0 bridgehead atoms. The molecule has 2 heterocycles. The minimum atomic E-state index is -0.293. The van der Waals surface area contributed by atoms with Gasteiger partial charge in [-0.15, -0.1) is 0 Å². The summed E-state index contributed by atoms with van der Waals surface area (Å²) in [6.07, 6.45) is 4.62. The third-order valence-electron chi connectivity index (χ3n) is 6.50. The highest BCUT2D eigenvalue weighted by Crippen LogP contribution is 2.38. The lowest BCUT2D eigenvalue weighted by Gasteiger charge is -2.37. The van der Waals surface area contributed by atoms with Gasteiger partial charge in [0.1, 0.15) is 11.9 Å². The maximum absolute atomic E-state index is 10.1. The van der Waals surface area contributed by atoms with Crippen LogP contribution in [0.5, 0.6) is 23.0 Å². The van der Waals surface area contributed by atoms with Crippen molar-refractivity contribution in [1.29, 1.82) is 0 Å². The Hall–Kier alpha value is -4.17. The minimum Gasteiger partial charge on any atom is -0.504 e. The van der Waals surface area contributed by atoms with E-state index in [0.717, 1.165) is 37.4 Å². The Labute approximate surface area is 210 Å². The molecule has 3 aromatic carbocycles. The number of phenolic OH excluding ortho intramolecular Hbond substituents is 2. The summed E-state index contributed by atoms with van der Waals surface area (Å²) < 4.78 is 13.2. The van der Waals surface area contributed by atoms with Crippen LogP contribution in [0.2, 0.25) is 0 Å². The van der Waals surface area contributed by atoms with E-state index in [2.05, 4.69) is 34.3 Å². The summed E-state index contributed by atoms with van der Waals surface area (Å²) in [6, 6.07) is 21.1. The maximum atomic E-state index is 10.1. The van der Waals surface area contributed by atoms with Crippen LogP contribution in [-0.2, 0) is 6.54 Å². The van der Waals surface area contributed by atoms with Crippen molar-refractivity contribution >= 4 is 5.69 Å². The summed E-state index contributed by atoms with van der Waals surface area (Å²) in [5, 5.41) is 24.6. The summed E-state index contributed by atoms with van der Waals surface area (Å²) in [4.78, 5) is 2.41. The monoisotopic (exact) mass is 486 g/mol. The molecule has 0 radical (unpaired) electrons. The number of rotatable bonds is 7. The first-order valence-electron chi connectivity index (χ1n) is 11.9. The number of phenols is 2. The van der Waals surface area contributed by atoms with Crippen LogP contribution in [0.4, 0.5) is 5.69 Å². The second-order valence-corrected chi connectivity index (χ2v) is 9.16. The number of nitrogen functional groups attached to an aromatic ring is 1. The zero-order valence-electron chi connectivity index (χ0n) is 20.1. The van der Waals surface area contributed by atoms with E-state index < -0.39 is 0 Å². The number of anilines is 1. The van der Waals surface area contributed by atoms with Crippen LogP contribution in [0.3, 0.4) is 0 Å². The third-order valence-corrected chi connectivity index (χ3v) is 6.50. The quantitative estimate of drug-likeness (QED) is 0.264. The van der Waals surface area contributed by atoms with Crippen LogP contribution < -0.4 is 15.2 Å². The van der Waals surface area contributed by atoms with Gasteiger partial charge in [-0.1, -0.05) is 36.4 Å². The Morgan fingerprint density at radius 3 is 2.64 bits per heavy atom. The molecule has 0 saturated carbocycles. The molecule has 1 aliphatic heterocycles. The van der Waals surface area contributed by atoms with Crippen molar-refractivity contribution in [3.05, 3.63) is 90.3 Å². The maximum Gasteiger partial charge on any atom is 0.200 e. The summed E-state index contributed by atoms with van der Waals surface area (Å²) in [5.74, 6) is 0.588. The second kappa shape index (κ2) is 10.2. The van der Waals surface area contributed by atoms with Crippen LogP contribution in [-0.4, -0.2) is 51.2 Å². The van der Waals surface area contributed by atoms with Crippen molar-refractivity contribution in [3.8, 4) is 28.7 Å². The summed E-state index contributed by atoms with van der Waals surface area (Å²) >= 11 is 0. The van der Waals surface area contributed by atoms with E-state index in [4.69, 9.17) is 15.2 Å². The molecular weight excluding hydrogens is 456 g/mol. The molecule has 4 aromatic rings. The average Bonchev–Trinajstić information content (AvgIpc) is 3.37. The largest absolute Gasteiger partial charge is 0.504 e. The standard InChI is InChI=1S/C28H30N4O4/c1-35-27-13-23(12-26(33)28(27)34)32-17-21(14-30-32)20-10-25(36-24-9-5-8-22(29)11-24)18-31(16-20)15-19-6-3-2-4-7-19/h2-9,11-14,17,20,25,33-34H,10,15-16,18,29H2,1H3. The predicted molar refractivity (Wildman–Crippen MR) is 138 cm³/mol. The molecule has 0 spiro atoms. The first-order chi connectivity index (χ1) is 17.5. The molecule has 1 saturated heterocycles. The molecular formula is C28H30N4O4. The van der Waals surface area contributed by atoms with Gasteiger partial charge in [0.15, 0.2) is 11.5 Å². The fourth-order valence-corrected chi connectivity index (χ4v) is 4.77. The Balaban J connectivity index is 1.40. The zero-order valence-corrected chi connectivity index (χ0v) is 20.1. The van der Waals surface area contributed by atoms with Crippen LogP contribution >= 0.6 is 0 Å². The Bertz CT molecular complexity index is 1320. The summed E-state index contributed by atoms with van der Waals surface area (Å²) in [7, 11) is 1.44. The number of aromatic hydroxyl groups is 2. The van der Waals surface area contributed by atoms with Crippen LogP contribution in [0.15, 0.2) is 79.1 Å². The number of benzene rings is 3. The van der Waals surface area contributed by atoms with E-state index in [-0.39, 0.29) is 29.3 Å². The Morgan fingerprint density at radius 1 is 1.03 bits per heavy atom. The van der Waals surface area contributed by atoms with E-state index in [9.17, 15) is 10.2 Å². The number of hydrogen-bond acceptors (Lipinski definition) is 7. The SMILES string of the molecule is COc1cc(-n2cc(C3CC(Oc4cccc(N)c4)CN(Cc4ccccc4)C3)cn2)cc(O)c1O. The van der Waals surface area contributed by atoms with Crippen LogP contribution in [0.1, 0.15) is 23.5 Å². The van der Waals surface area contributed by atoms with E-state index in [1.54, 1.807) is 10.7 Å². The summed E-state index contributed by atoms with van der Waals surface area (Å²) in [5.41, 5.74) is 9.56. The van der Waals surface area contributed by atoms with Gasteiger partial charge in [-0.25, -0.2) is 4.68 Å². The molecule has 8 heteroatoms. The molecule has 0 amide bonds. The van der Waals surface area contributed by atoms with E-state index in [0.29, 0.717) is 11.4 Å². The van der Waals surface area contributed by atoms with Gasteiger partial charge in [-0.3, -0.25) is 4.90 Å². The Kier molecular flexibility index (Phi) is 6.69. The molecule has 4 N–H and O–H groups in total. The van der Waals surface area contributed by atoms with E-state index in [1.165, 1.54) is 18.7 Å². The molecule has 0 aliphatic carbocycles. The third kappa shape index (κ3) is 5.23. The molecule has 186 valence electrons. The number of nitrogens with two attached hydrogens (primary N) is 1. The van der Waals surface area contributed by atoms with Crippen LogP contribution in [0.25, 0.3) is 5.69 Å². The minimum absolute atomic E-state index is 0.0181. The van der Waals surface area contributed by atoms with Gasteiger partial charge in [-0.2, -0.15) is 5.10 Å². The number of methoxy groups -OCH3 is 1. The smallest absolute Gasteiger partial charge is 0.200 e. The average molecular weight is 487 g/mol. The first-order valence-corrected chi connectivity index (χ1v) is 11.9. The van der Waals surface area contributed by atoms with Crippen molar-refractivity contribution in [2.45, 2.75) is 25.0 Å². The van der Waals surface area contributed by atoms with Gasteiger partial charge in [-0.05, 0) is 29.7 Å². The van der Waals surface area contributed by atoms with Gasteiger partial charge >= 0.3 is 0 Å². The fraction of sp³-hybridized carbons (Fsp3) is 0.250. The molecule has 5 rings (SSSR count). The molecule has 2 unspecified atom stereocenters. The molecule has 2 atom stereocenters. The van der Waals surface area contributed by atoms with Gasteiger partial charge in [0.2, 0.25) is 5.75 Å². The number of nitrogens with zero attached hydrogens (tertiary/aromatic N) is 3. The van der Waals surface area contributed by atoms with E-state index in [1.807, 2.05) is 42.7 Å². The Morgan fingerprint density at radius 2 is 1.86 bits per heavy atom. The lowest BCUT2D eigenvalue weighted by atomic mass is 9.90. The lowest BCUT2D eigenvalue weighted by Crippen LogP contribution is -2.44. The number of ether oxygens (including phenoxy) is 2. The fourth-order valence-electron chi connectivity index (χ4n) is 4.77. The molecule has 36 heavy (non-hydrogen) atoms. The van der Waals surface area contributed by atoms with Gasteiger partial charge < -0.3 is 25.4 Å². The van der Waals surface area contributed by atoms with Crippen molar-refractivity contribution in [2.75, 3.05) is 25.9 Å². The van der Waals surface area contributed by atoms with Crippen molar-refractivity contribution in [3.63, 3.8) is 0 Å². The number of likely N-dealkylation sites (tertiary alicyclic amines) is 1. The molecule has 1 fully saturated rings. The van der Waals surface area contributed by atoms with Crippen molar-refractivity contribution in [1.82, 2.24) is 14.7 Å². The highest BCUT2D eigenvalue weighted by atomic mass is 16.5. The van der Waals surface area contributed by atoms with Crippen molar-refractivity contribution in [2.24, 2.45) is 0 Å². The van der Waals surface area contributed by atoms with Gasteiger partial charge in [0, 0.05) is 55.6 Å². The normalized spacial score (nSPS) is 18.1. The zero-order chi connectivity index (χ0) is 25.1. The summed E-state index contributed by atoms with van der Waals surface area (Å²) in [6.45, 7) is 2.49. The lowest BCUT2D eigenvalue weighted by molar-refractivity contribution is 0.0717. The van der Waals surface area contributed by atoms with E-state index >= 15 is 0 Å². The number of aromatic nitrogens is 2. The first kappa shape index (κ1) is 23.6. The van der Waals surface area contributed by atoms with Gasteiger partial charge in [0.25, 0.3) is 0 Å². The molecule has 1 aromatic heterocycles. The second-order valence-electron chi connectivity index (χ2n) is 9.16. The number of hydrogen-bond donors (Lipinski definition) is 3. The highest BCUT2D eigenvalue weighted by molar-refractivity contribution is 5.56.